The van der Waals surface area contributed by atoms with Crippen LogP contribution in [0.25, 0.3) is 15.9 Å². The Labute approximate surface area is 178 Å². The zero-order chi connectivity index (χ0) is 21.4. The van der Waals surface area contributed by atoms with E-state index in [0.29, 0.717) is 10.6 Å². The van der Waals surface area contributed by atoms with Crippen molar-refractivity contribution < 1.29 is 18.7 Å². The summed E-state index contributed by atoms with van der Waals surface area (Å²) in [6, 6.07) is 8.07. The number of aryl methyl sites for hydroxylation is 1. The molecule has 3 heterocycles. The van der Waals surface area contributed by atoms with Gasteiger partial charge >= 0.3 is 5.97 Å². The van der Waals surface area contributed by atoms with Gasteiger partial charge in [-0.25, -0.2) is 13.9 Å². The maximum atomic E-state index is 13.2. The van der Waals surface area contributed by atoms with Crippen LogP contribution in [0.1, 0.15) is 48.5 Å². The quantitative estimate of drug-likeness (QED) is 0.574. The molecule has 0 radical (unpaired) electrons. The van der Waals surface area contributed by atoms with Gasteiger partial charge in [0.2, 0.25) is 0 Å². The van der Waals surface area contributed by atoms with Gasteiger partial charge in [0, 0.05) is 17.5 Å². The average Bonchev–Trinajstić information content (AvgIpc) is 3.27. The molecule has 0 aliphatic carbocycles. The Morgan fingerprint density at radius 3 is 2.53 bits per heavy atom. The van der Waals surface area contributed by atoms with E-state index in [9.17, 15) is 14.0 Å². The van der Waals surface area contributed by atoms with Crippen LogP contribution >= 0.6 is 11.3 Å². The van der Waals surface area contributed by atoms with Gasteiger partial charge < -0.3 is 9.64 Å². The van der Waals surface area contributed by atoms with Crippen LogP contribution < -0.4 is 0 Å². The number of thiophene rings is 1. The predicted molar refractivity (Wildman–Crippen MR) is 114 cm³/mol. The van der Waals surface area contributed by atoms with Gasteiger partial charge in [-0.3, -0.25) is 4.79 Å². The second kappa shape index (κ2) is 8.18. The molecule has 1 amide bonds. The molecule has 2 unspecified atom stereocenters. The molecule has 158 valence electrons. The van der Waals surface area contributed by atoms with Crippen molar-refractivity contribution in [1.82, 2.24) is 14.7 Å². The van der Waals surface area contributed by atoms with Gasteiger partial charge in [0.25, 0.3) is 5.91 Å². The van der Waals surface area contributed by atoms with E-state index in [2.05, 4.69) is 5.10 Å². The number of fused-ring (bicyclic) bond motifs is 1. The van der Waals surface area contributed by atoms with Crippen molar-refractivity contribution in [2.24, 2.45) is 0 Å². The number of amides is 1. The van der Waals surface area contributed by atoms with Crippen LogP contribution in [-0.4, -0.2) is 45.2 Å². The summed E-state index contributed by atoms with van der Waals surface area (Å²) in [6.45, 7) is 5.66. The van der Waals surface area contributed by atoms with Gasteiger partial charge in [0.05, 0.1) is 11.4 Å². The third-order valence-corrected chi connectivity index (χ3v) is 6.72. The van der Waals surface area contributed by atoms with Gasteiger partial charge in [0.15, 0.2) is 6.61 Å². The predicted octanol–water partition coefficient (Wildman–Crippen LogP) is 4.48. The summed E-state index contributed by atoms with van der Waals surface area (Å²) in [6.07, 6.45) is 3.05. The molecule has 1 aromatic carbocycles. The minimum Gasteiger partial charge on any atom is -0.451 e. The number of likely N-dealkylation sites (tertiary alicyclic amines) is 1. The third kappa shape index (κ3) is 3.84. The van der Waals surface area contributed by atoms with Crippen molar-refractivity contribution in [3.05, 3.63) is 46.7 Å². The van der Waals surface area contributed by atoms with E-state index in [4.69, 9.17) is 4.74 Å². The van der Waals surface area contributed by atoms with Crippen molar-refractivity contribution in [3.8, 4) is 5.69 Å². The van der Waals surface area contributed by atoms with E-state index < -0.39 is 5.97 Å². The third-order valence-electron chi connectivity index (χ3n) is 5.63. The van der Waals surface area contributed by atoms with Crippen molar-refractivity contribution in [2.75, 3.05) is 6.61 Å². The highest BCUT2D eigenvalue weighted by Crippen LogP contribution is 2.31. The standard InChI is InChI=1S/C22H24FN3O3S/c1-13-5-4-6-14(2)25(13)20(27)12-29-22(28)19-11-18-15(3)24-26(21(18)30-19)17-9-7-16(23)8-10-17/h7-11,13-14H,4-6,12H2,1-3H3. The number of hydrogen-bond donors (Lipinski definition) is 0. The fourth-order valence-electron chi connectivity index (χ4n) is 4.09. The Bertz CT molecular complexity index is 1080. The average molecular weight is 430 g/mol. The van der Waals surface area contributed by atoms with E-state index in [1.54, 1.807) is 22.9 Å². The van der Waals surface area contributed by atoms with Crippen LogP contribution in [-0.2, 0) is 9.53 Å². The molecule has 0 bridgehead atoms. The van der Waals surface area contributed by atoms with Crippen LogP contribution in [0.3, 0.4) is 0 Å². The summed E-state index contributed by atoms with van der Waals surface area (Å²) >= 11 is 1.25. The summed E-state index contributed by atoms with van der Waals surface area (Å²) in [4.78, 5) is 28.2. The first kappa shape index (κ1) is 20.5. The number of benzene rings is 1. The van der Waals surface area contributed by atoms with Gasteiger partial charge in [0.1, 0.15) is 15.5 Å². The Morgan fingerprint density at radius 2 is 1.87 bits per heavy atom. The number of hydrogen-bond acceptors (Lipinski definition) is 5. The number of rotatable bonds is 4. The second-order valence-electron chi connectivity index (χ2n) is 7.81. The Kier molecular flexibility index (Phi) is 5.60. The molecule has 4 rings (SSSR count). The molecule has 1 aliphatic rings. The summed E-state index contributed by atoms with van der Waals surface area (Å²) < 4.78 is 20.3. The molecule has 2 atom stereocenters. The number of carbonyl (C=O) groups is 2. The topological polar surface area (TPSA) is 64.4 Å². The number of carbonyl (C=O) groups excluding carboxylic acids is 2. The lowest BCUT2D eigenvalue weighted by Crippen LogP contribution is -2.49. The molecule has 30 heavy (non-hydrogen) atoms. The summed E-state index contributed by atoms with van der Waals surface area (Å²) in [7, 11) is 0. The highest BCUT2D eigenvalue weighted by molar-refractivity contribution is 7.20. The van der Waals surface area contributed by atoms with Crippen molar-refractivity contribution in [2.45, 2.75) is 52.1 Å². The molecule has 0 spiro atoms. The highest BCUT2D eigenvalue weighted by atomic mass is 32.1. The molecule has 2 aromatic heterocycles. The zero-order valence-corrected chi connectivity index (χ0v) is 18.0. The smallest absolute Gasteiger partial charge is 0.348 e. The SMILES string of the molecule is Cc1nn(-c2ccc(F)cc2)c2sc(C(=O)OCC(=O)N3C(C)CCCC3C)cc12. The molecule has 1 fully saturated rings. The fourth-order valence-corrected chi connectivity index (χ4v) is 5.17. The molecule has 1 saturated heterocycles. The lowest BCUT2D eigenvalue weighted by atomic mass is 9.97. The van der Waals surface area contributed by atoms with Crippen LogP contribution in [0.15, 0.2) is 30.3 Å². The number of esters is 1. The van der Waals surface area contributed by atoms with Crippen LogP contribution in [0.5, 0.6) is 0 Å². The molecule has 1 aliphatic heterocycles. The molecule has 3 aromatic rings. The lowest BCUT2D eigenvalue weighted by molar-refractivity contribution is -0.140. The second-order valence-corrected chi connectivity index (χ2v) is 8.84. The van der Waals surface area contributed by atoms with Crippen LogP contribution in [0, 0.1) is 12.7 Å². The summed E-state index contributed by atoms with van der Waals surface area (Å²) in [5.74, 6) is -0.999. The normalized spacial score (nSPS) is 19.3. The lowest BCUT2D eigenvalue weighted by Gasteiger charge is -2.38. The monoisotopic (exact) mass is 429 g/mol. The minimum absolute atomic E-state index is 0.155. The Hall–Kier alpha value is -2.74. The van der Waals surface area contributed by atoms with E-state index in [1.807, 2.05) is 25.7 Å². The van der Waals surface area contributed by atoms with Crippen molar-refractivity contribution in [3.63, 3.8) is 0 Å². The number of halogens is 1. The Morgan fingerprint density at radius 1 is 1.20 bits per heavy atom. The minimum atomic E-state index is -0.521. The largest absolute Gasteiger partial charge is 0.451 e. The maximum Gasteiger partial charge on any atom is 0.348 e. The van der Waals surface area contributed by atoms with E-state index >= 15 is 0 Å². The molecule has 8 heteroatoms. The number of nitrogens with zero attached hydrogens (tertiary/aromatic N) is 3. The van der Waals surface area contributed by atoms with Crippen molar-refractivity contribution >= 4 is 33.4 Å². The van der Waals surface area contributed by atoms with Gasteiger partial charge in [-0.1, -0.05) is 0 Å². The van der Waals surface area contributed by atoms with E-state index in [-0.39, 0.29) is 30.4 Å². The van der Waals surface area contributed by atoms with Crippen LogP contribution in [0.2, 0.25) is 0 Å². The number of aromatic nitrogens is 2. The van der Waals surface area contributed by atoms with E-state index in [0.717, 1.165) is 35.2 Å². The number of piperidine rings is 1. The molecular weight excluding hydrogens is 405 g/mol. The first-order valence-corrected chi connectivity index (χ1v) is 10.9. The first-order chi connectivity index (χ1) is 14.3. The maximum absolute atomic E-state index is 13.2. The molecule has 0 N–H and O–H groups in total. The van der Waals surface area contributed by atoms with Gasteiger partial charge in [-0.05, 0) is 70.4 Å². The van der Waals surface area contributed by atoms with Gasteiger partial charge in [-0.15, -0.1) is 11.3 Å². The summed E-state index contributed by atoms with van der Waals surface area (Å²) in [5, 5.41) is 5.33. The van der Waals surface area contributed by atoms with E-state index in [1.165, 1.54) is 23.5 Å². The summed E-state index contributed by atoms with van der Waals surface area (Å²) in [5.41, 5.74) is 1.47. The molecular formula is C22H24FN3O3S. The van der Waals surface area contributed by atoms with Crippen molar-refractivity contribution in [1.29, 1.82) is 0 Å². The van der Waals surface area contributed by atoms with Crippen LogP contribution in [0.4, 0.5) is 4.39 Å². The van der Waals surface area contributed by atoms with Gasteiger partial charge in [-0.2, -0.15) is 5.10 Å². The first-order valence-electron chi connectivity index (χ1n) is 10.1. The highest BCUT2D eigenvalue weighted by Gasteiger charge is 2.29. The molecule has 6 nitrogen and oxygen atoms in total. The fraction of sp³-hybridized carbons (Fsp3) is 0.409. The number of ether oxygens (including phenoxy) is 1. The molecule has 0 saturated carbocycles. The zero-order valence-electron chi connectivity index (χ0n) is 17.2. The Balaban J connectivity index is 1.51.